The van der Waals surface area contributed by atoms with Crippen molar-refractivity contribution in [3.05, 3.63) is 392 Å². The van der Waals surface area contributed by atoms with Gasteiger partial charge in [-0.15, -0.1) is 0 Å². The SMILES string of the molecule is CC.CC.CC.CC.CC.CC.CC.CC.CC.Cc1c2ccccc2c(C)c2ccccc12.Cc1ccc(C)c2ccccc12.Cc1ccc(C)cc1.Cc1ccc(C)nc1.Cc1ccc(C)nc1.Cc1ccc2cc(C)ccc2c1.Cc1ccc2cc3cc(C)ccc3cc2c1.Cc1cccc(C)c1.Cc1cccc2c(C)cccc12. The van der Waals surface area contributed by atoms with Gasteiger partial charge in [0.1, 0.15) is 0 Å². The second kappa shape index (κ2) is 64.3. The van der Waals surface area contributed by atoms with Crippen molar-refractivity contribution < 1.29 is 0 Å². The van der Waals surface area contributed by atoms with Crippen molar-refractivity contribution in [2.75, 3.05) is 0 Å². The van der Waals surface area contributed by atoms with Crippen molar-refractivity contribution in [2.45, 2.75) is 249 Å². The van der Waals surface area contributed by atoms with E-state index in [9.17, 15) is 0 Å². The molecule has 0 N–H and O–H groups in total. The molecular weight excluding hydrogens is 1420 g/mol. The molecule has 2 aromatic heterocycles. The Hall–Kier alpha value is -10.8. The quantitative estimate of drug-likeness (QED) is 0.141. The lowest BCUT2D eigenvalue weighted by Crippen LogP contribution is -1.87. The number of pyridine rings is 2. The molecule has 0 aliphatic rings. The number of hydrogen-bond acceptors (Lipinski definition) is 2. The molecule has 0 saturated heterocycles. The van der Waals surface area contributed by atoms with E-state index in [0.29, 0.717) is 0 Å². The minimum Gasteiger partial charge on any atom is -0.261 e. The van der Waals surface area contributed by atoms with E-state index in [1.54, 1.807) is 0 Å². The molecule has 0 fully saturated rings. The van der Waals surface area contributed by atoms with Crippen LogP contribution in [0.3, 0.4) is 0 Å². The summed E-state index contributed by atoms with van der Waals surface area (Å²) in [7, 11) is 0. The van der Waals surface area contributed by atoms with Gasteiger partial charge in [-0.25, -0.2) is 0 Å². The minimum atomic E-state index is 1.08. The topological polar surface area (TPSA) is 25.8 Å². The summed E-state index contributed by atoms with van der Waals surface area (Å²) >= 11 is 0. The fourth-order valence-electron chi connectivity index (χ4n) is 12.0. The molecule has 2 heteroatoms. The Morgan fingerprint density at radius 3 is 0.585 bits per heavy atom. The van der Waals surface area contributed by atoms with Gasteiger partial charge in [-0.05, 0) is 269 Å². The third-order valence-electron chi connectivity index (χ3n) is 18.0. The molecule has 0 unspecified atom stereocenters. The van der Waals surface area contributed by atoms with Crippen LogP contribution in [0.25, 0.3) is 75.4 Å². The largest absolute Gasteiger partial charge is 0.261 e. The van der Waals surface area contributed by atoms with Gasteiger partial charge in [-0.1, -0.05) is 424 Å². The molecule has 16 aromatic rings. The van der Waals surface area contributed by atoms with Gasteiger partial charge in [0.15, 0.2) is 0 Å². The molecular formula is C116H156N2. The van der Waals surface area contributed by atoms with Gasteiger partial charge in [-0.2, -0.15) is 0 Å². The van der Waals surface area contributed by atoms with Crippen LogP contribution in [0.1, 0.15) is 225 Å². The Bertz CT molecular complexity index is 4780. The van der Waals surface area contributed by atoms with Crippen LogP contribution >= 0.6 is 0 Å². The predicted octanol–water partition coefficient (Wildman–Crippen LogP) is 36.8. The van der Waals surface area contributed by atoms with Crippen LogP contribution in [0.4, 0.5) is 0 Å². The van der Waals surface area contributed by atoms with Crippen molar-refractivity contribution >= 4 is 75.4 Å². The number of aryl methyl sites for hydroxylation is 18. The highest BCUT2D eigenvalue weighted by atomic mass is 14.7. The lowest BCUT2D eigenvalue weighted by Gasteiger charge is -2.11. The Morgan fingerprint density at radius 1 is 0.144 bits per heavy atom. The zero-order valence-corrected chi connectivity index (χ0v) is 80.6. The molecule has 0 amide bonds. The van der Waals surface area contributed by atoms with Gasteiger partial charge in [-0.3, -0.25) is 9.97 Å². The van der Waals surface area contributed by atoms with E-state index >= 15 is 0 Å². The number of hydrogen-bond donors (Lipinski definition) is 0. The summed E-state index contributed by atoms with van der Waals surface area (Å²) in [4.78, 5) is 8.16. The maximum atomic E-state index is 4.08. The van der Waals surface area contributed by atoms with Gasteiger partial charge in [0.05, 0.1) is 0 Å². The molecule has 0 aliphatic carbocycles. The van der Waals surface area contributed by atoms with Gasteiger partial charge < -0.3 is 0 Å². The molecule has 0 aliphatic heterocycles. The summed E-state index contributed by atoms with van der Waals surface area (Å²) in [6.45, 7) is 74.0. The van der Waals surface area contributed by atoms with Crippen molar-refractivity contribution in [3.63, 3.8) is 0 Å². The monoisotopic (exact) mass is 1580 g/mol. The van der Waals surface area contributed by atoms with Gasteiger partial charge in [0, 0.05) is 23.8 Å². The van der Waals surface area contributed by atoms with Crippen molar-refractivity contribution in [1.29, 1.82) is 0 Å². The molecule has 2 nitrogen and oxygen atoms in total. The molecule has 14 aromatic carbocycles. The molecule has 0 bridgehead atoms. The van der Waals surface area contributed by atoms with E-state index in [2.05, 4.69) is 374 Å². The Balaban J connectivity index is 0. The average Bonchev–Trinajstić information content (AvgIpc) is 0.765. The molecule has 0 atom stereocenters. The van der Waals surface area contributed by atoms with Crippen LogP contribution in [0.5, 0.6) is 0 Å². The van der Waals surface area contributed by atoms with Gasteiger partial charge >= 0.3 is 0 Å². The van der Waals surface area contributed by atoms with E-state index in [1.807, 2.05) is 177 Å². The Kier molecular flexibility index (Phi) is 59.5. The summed E-state index contributed by atoms with van der Waals surface area (Å²) in [5, 5.41) is 19.0. The van der Waals surface area contributed by atoms with Crippen LogP contribution < -0.4 is 0 Å². The van der Waals surface area contributed by atoms with E-state index in [-0.39, 0.29) is 0 Å². The van der Waals surface area contributed by atoms with Gasteiger partial charge in [0.25, 0.3) is 0 Å². The second-order valence-corrected chi connectivity index (χ2v) is 27.0. The standard InChI is InChI=1S/2C16H14.3C12H12.2C8H10.2C7H9N.9C2H6/c1-11-3-5-13-10-16-8-12(2)4-6-14(16)9-15(13)7-11;1-11-13-7-3-5-9-15(13)12(2)16-10-6-4-8-14(11)16;1-9-3-5-12-8-10(2)4-6-11(12)7-9;1-9-5-3-8-12-10(2)6-4-7-11(9)12;1-9-7-8-10(2)12-6-4-3-5-11(9)12;1-7-3-5-8(2)6-4-7;1-7-4-3-5-8(2)6-7;2*1-6-3-4-7(2)8-5-6;9*1-2/h2*3-10H,1-2H3;3*3-8H,1-2H3;2*3-6H,1-2H3;2*3-5H,1-2H3;9*1-2H3. The first-order chi connectivity index (χ1) is 57.0. The summed E-state index contributed by atoms with van der Waals surface area (Å²) in [5.41, 5.74) is 23.4. The van der Waals surface area contributed by atoms with Crippen molar-refractivity contribution in [2.24, 2.45) is 0 Å². The normalized spacial score (nSPS) is 9.19. The third-order valence-corrected chi connectivity index (χ3v) is 18.0. The van der Waals surface area contributed by atoms with Gasteiger partial charge in [0.2, 0.25) is 0 Å². The highest BCUT2D eigenvalue weighted by Crippen LogP contribution is 2.32. The summed E-state index contributed by atoms with van der Waals surface area (Å²) < 4.78 is 0. The highest BCUT2D eigenvalue weighted by Gasteiger charge is 2.07. The smallest absolute Gasteiger partial charge is 0.0372 e. The Labute approximate surface area is 721 Å². The predicted molar refractivity (Wildman–Crippen MR) is 544 cm³/mol. The number of aromatic nitrogens is 2. The van der Waals surface area contributed by atoms with E-state index in [0.717, 1.165) is 11.4 Å². The first kappa shape index (κ1) is 109. The lowest BCUT2D eigenvalue weighted by atomic mass is 9.93. The lowest BCUT2D eigenvalue weighted by molar-refractivity contribution is 1.17. The zero-order chi connectivity index (χ0) is 89.8. The molecule has 0 saturated carbocycles. The van der Waals surface area contributed by atoms with Crippen LogP contribution in [-0.2, 0) is 0 Å². The second-order valence-electron chi connectivity index (χ2n) is 27.0. The molecule has 630 valence electrons. The number of fused-ring (bicyclic) bond motifs is 7. The van der Waals surface area contributed by atoms with E-state index in [1.165, 1.54) is 164 Å². The van der Waals surface area contributed by atoms with Crippen LogP contribution in [-0.4, -0.2) is 9.97 Å². The zero-order valence-electron chi connectivity index (χ0n) is 80.6. The van der Waals surface area contributed by atoms with Crippen molar-refractivity contribution in [1.82, 2.24) is 9.97 Å². The average molecular weight is 1580 g/mol. The molecule has 16 rings (SSSR count). The first-order valence-electron chi connectivity index (χ1n) is 44.0. The maximum Gasteiger partial charge on any atom is 0.0372 e. The maximum absolute atomic E-state index is 4.08. The first-order valence-corrected chi connectivity index (χ1v) is 44.0. The summed E-state index contributed by atoms with van der Waals surface area (Å²) in [6.07, 6.45) is 3.74. The fraction of sp³-hybridized carbons (Fsp3) is 0.310. The van der Waals surface area contributed by atoms with Crippen LogP contribution in [0, 0.1) is 125 Å². The fourth-order valence-corrected chi connectivity index (χ4v) is 12.0. The Morgan fingerprint density at radius 2 is 0.347 bits per heavy atom. The van der Waals surface area contributed by atoms with Crippen molar-refractivity contribution in [3.8, 4) is 0 Å². The molecule has 2 heterocycles. The molecule has 118 heavy (non-hydrogen) atoms. The molecule has 0 radical (unpaired) electrons. The van der Waals surface area contributed by atoms with Crippen LogP contribution in [0.15, 0.2) is 291 Å². The third kappa shape index (κ3) is 39.0. The highest BCUT2D eigenvalue weighted by molar-refractivity contribution is 6.05. The van der Waals surface area contributed by atoms with E-state index < -0.39 is 0 Å². The number of rotatable bonds is 0. The summed E-state index contributed by atoms with van der Waals surface area (Å²) in [5.74, 6) is 0. The number of benzene rings is 14. The molecule has 0 spiro atoms. The minimum absolute atomic E-state index is 1.08. The number of nitrogens with zero attached hydrogens (tertiary/aromatic N) is 2. The van der Waals surface area contributed by atoms with E-state index in [4.69, 9.17) is 0 Å². The van der Waals surface area contributed by atoms with Crippen LogP contribution in [0.2, 0.25) is 0 Å². The summed E-state index contributed by atoms with van der Waals surface area (Å²) in [6, 6.07) is 99.0.